The number of nitrogens with one attached hydrogen (secondary N) is 1. The van der Waals surface area contributed by atoms with Crippen molar-refractivity contribution < 1.29 is 9.18 Å². The number of amides is 1. The fraction of sp³-hybridized carbons (Fsp3) is 0.474. The SMILES string of the molecule is Cc1nc(C(C)(C)C)sc1C(=O)NCC1(c2ccc(F)cc2)CC1. The van der Waals surface area contributed by atoms with Crippen LogP contribution in [-0.4, -0.2) is 17.4 Å². The molecule has 0 spiro atoms. The van der Waals surface area contributed by atoms with Gasteiger partial charge in [0.1, 0.15) is 10.7 Å². The minimum absolute atomic E-state index is 0.0329. The van der Waals surface area contributed by atoms with E-state index in [1.807, 2.05) is 19.1 Å². The lowest BCUT2D eigenvalue weighted by Crippen LogP contribution is -2.32. The molecular weight excluding hydrogens is 323 g/mol. The fourth-order valence-electron chi connectivity index (χ4n) is 2.78. The van der Waals surface area contributed by atoms with Crippen LogP contribution in [-0.2, 0) is 10.8 Å². The number of hydrogen-bond donors (Lipinski definition) is 1. The number of nitrogens with zero attached hydrogens (tertiary/aromatic N) is 1. The van der Waals surface area contributed by atoms with E-state index in [2.05, 4.69) is 31.1 Å². The molecule has 1 saturated carbocycles. The summed E-state index contributed by atoms with van der Waals surface area (Å²) in [5.41, 5.74) is 1.80. The zero-order valence-corrected chi connectivity index (χ0v) is 15.4. The van der Waals surface area contributed by atoms with Crippen LogP contribution in [0.15, 0.2) is 24.3 Å². The topological polar surface area (TPSA) is 42.0 Å². The van der Waals surface area contributed by atoms with Crippen LogP contribution in [0, 0.1) is 12.7 Å². The second kappa shape index (κ2) is 5.96. The molecule has 0 aliphatic heterocycles. The predicted octanol–water partition coefficient (Wildman–Crippen LogP) is 4.35. The van der Waals surface area contributed by atoms with E-state index in [0.717, 1.165) is 29.1 Å². The Morgan fingerprint density at radius 1 is 1.29 bits per heavy atom. The Morgan fingerprint density at radius 3 is 2.42 bits per heavy atom. The number of thiazole rings is 1. The summed E-state index contributed by atoms with van der Waals surface area (Å²) in [7, 11) is 0. The molecule has 2 aromatic rings. The van der Waals surface area contributed by atoms with Crippen molar-refractivity contribution in [3.63, 3.8) is 0 Å². The highest BCUT2D eigenvalue weighted by molar-refractivity contribution is 7.14. The Morgan fingerprint density at radius 2 is 1.92 bits per heavy atom. The molecule has 0 bridgehead atoms. The highest BCUT2D eigenvalue weighted by Crippen LogP contribution is 2.47. The minimum atomic E-state index is -0.228. The van der Waals surface area contributed by atoms with Crippen LogP contribution in [0.5, 0.6) is 0 Å². The van der Waals surface area contributed by atoms with Gasteiger partial charge in [-0.2, -0.15) is 0 Å². The highest BCUT2D eigenvalue weighted by atomic mass is 32.1. The van der Waals surface area contributed by atoms with E-state index in [4.69, 9.17) is 0 Å². The first-order chi connectivity index (χ1) is 11.2. The second-order valence-corrected chi connectivity index (χ2v) is 8.65. The molecule has 0 saturated heterocycles. The van der Waals surface area contributed by atoms with Gasteiger partial charge in [0.25, 0.3) is 5.91 Å². The average Bonchev–Trinajstić information content (AvgIpc) is 3.19. The molecule has 1 N–H and O–H groups in total. The van der Waals surface area contributed by atoms with E-state index < -0.39 is 0 Å². The summed E-state index contributed by atoms with van der Waals surface area (Å²) < 4.78 is 13.1. The molecule has 1 fully saturated rings. The molecule has 1 aromatic carbocycles. The standard InChI is InChI=1S/C19H23FN2OS/c1-12-15(24-17(22-12)18(2,3)4)16(23)21-11-19(9-10-19)13-5-7-14(20)8-6-13/h5-8H,9-11H2,1-4H3,(H,21,23). The first kappa shape index (κ1) is 17.1. The number of carbonyl (C=O) groups is 1. The van der Waals surface area contributed by atoms with Crippen LogP contribution in [0.25, 0.3) is 0 Å². The van der Waals surface area contributed by atoms with Crippen LogP contribution in [0.4, 0.5) is 4.39 Å². The third-order valence-electron chi connectivity index (χ3n) is 4.54. The third-order valence-corrected chi connectivity index (χ3v) is 6.12. The van der Waals surface area contributed by atoms with E-state index in [0.29, 0.717) is 11.4 Å². The molecular formula is C19H23FN2OS. The van der Waals surface area contributed by atoms with Gasteiger partial charge in [0.15, 0.2) is 0 Å². The van der Waals surface area contributed by atoms with Gasteiger partial charge in [-0.3, -0.25) is 4.79 Å². The molecule has 3 rings (SSSR count). The maximum atomic E-state index is 13.1. The molecule has 3 nitrogen and oxygen atoms in total. The predicted molar refractivity (Wildman–Crippen MR) is 95.2 cm³/mol. The minimum Gasteiger partial charge on any atom is -0.350 e. The highest BCUT2D eigenvalue weighted by Gasteiger charge is 2.44. The van der Waals surface area contributed by atoms with Crippen LogP contribution >= 0.6 is 11.3 Å². The number of aryl methyl sites for hydroxylation is 1. The lowest BCUT2D eigenvalue weighted by Gasteiger charge is -2.16. The summed E-state index contributed by atoms with van der Waals surface area (Å²) in [5, 5.41) is 4.03. The van der Waals surface area contributed by atoms with Crippen molar-refractivity contribution in [2.24, 2.45) is 0 Å². The number of rotatable bonds is 4. The van der Waals surface area contributed by atoms with Crippen LogP contribution < -0.4 is 5.32 Å². The van der Waals surface area contributed by atoms with Crippen molar-refractivity contribution in [2.45, 2.75) is 51.4 Å². The second-order valence-electron chi connectivity index (χ2n) is 7.65. The quantitative estimate of drug-likeness (QED) is 0.894. The number of hydrogen-bond acceptors (Lipinski definition) is 3. The summed E-state index contributed by atoms with van der Waals surface area (Å²) in [6.45, 7) is 8.76. The number of benzene rings is 1. The molecule has 0 radical (unpaired) electrons. The number of halogens is 1. The van der Waals surface area contributed by atoms with E-state index in [9.17, 15) is 9.18 Å². The van der Waals surface area contributed by atoms with Crippen molar-refractivity contribution in [3.8, 4) is 0 Å². The van der Waals surface area contributed by atoms with Gasteiger partial charge in [0.05, 0.1) is 10.7 Å². The summed E-state index contributed by atoms with van der Waals surface area (Å²) >= 11 is 1.47. The van der Waals surface area contributed by atoms with E-state index in [1.165, 1.54) is 23.5 Å². The van der Waals surface area contributed by atoms with Crippen LogP contribution in [0.3, 0.4) is 0 Å². The van der Waals surface area contributed by atoms with Gasteiger partial charge in [-0.05, 0) is 37.5 Å². The van der Waals surface area contributed by atoms with E-state index >= 15 is 0 Å². The Balaban J connectivity index is 1.70. The molecule has 1 aromatic heterocycles. The van der Waals surface area contributed by atoms with Crippen LogP contribution in [0.1, 0.15) is 59.5 Å². The van der Waals surface area contributed by atoms with Crippen molar-refractivity contribution in [2.75, 3.05) is 6.54 Å². The normalized spacial score (nSPS) is 16.0. The summed E-state index contributed by atoms with van der Waals surface area (Å²) in [5.74, 6) is -0.289. The fourth-order valence-corrected chi connectivity index (χ4v) is 3.82. The van der Waals surface area contributed by atoms with Gasteiger partial charge in [0, 0.05) is 17.4 Å². The third kappa shape index (κ3) is 3.36. The summed E-state index contributed by atoms with van der Waals surface area (Å²) in [6.07, 6.45) is 2.04. The molecule has 128 valence electrons. The largest absolute Gasteiger partial charge is 0.350 e. The Kier molecular flexibility index (Phi) is 4.24. The Bertz CT molecular complexity index is 755. The maximum Gasteiger partial charge on any atom is 0.263 e. The lowest BCUT2D eigenvalue weighted by atomic mass is 9.96. The van der Waals surface area contributed by atoms with E-state index in [-0.39, 0.29) is 22.6 Å². The maximum absolute atomic E-state index is 13.1. The van der Waals surface area contributed by atoms with Gasteiger partial charge < -0.3 is 5.32 Å². The zero-order valence-electron chi connectivity index (χ0n) is 14.6. The lowest BCUT2D eigenvalue weighted by molar-refractivity contribution is 0.0953. The molecule has 24 heavy (non-hydrogen) atoms. The van der Waals surface area contributed by atoms with Gasteiger partial charge in [-0.15, -0.1) is 11.3 Å². The number of aromatic nitrogens is 1. The smallest absolute Gasteiger partial charge is 0.263 e. The first-order valence-electron chi connectivity index (χ1n) is 8.23. The average molecular weight is 346 g/mol. The molecule has 1 heterocycles. The van der Waals surface area contributed by atoms with Gasteiger partial charge in [0.2, 0.25) is 0 Å². The molecule has 5 heteroatoms. The number of carbonyl (C=O) groups excluding carboxylic acids is 1. The summed E-state index contributed by atoms with van der Waals surface area (Å²) in [4.78, 5) is 17.8. The van der Waals surface area contributed by atoms with Crippen molar-refractivity contribution in [1.82, 2.24) is 10.3 Å². The molecule has 1 aliphatic rings. The van der Waals surface area contributed by atoms with Crippen molar-refractivity contribution in [1.29, 1.82) is 0 Å². The summed E-state index contributed by atoms with van der Waals surface area (Å²) in [6, 6.07) is 6.62. The monoisotopic (exact) mass is 346 g/mol. The molecule has 1 aliphatic carbocycles. The molecule has 0 atom stereocenters. The van der Waals surface area contributed by atoms with Crippen molar-refractivity contribution >= 4 is 17.2 Å². The van der Waals surface area contributed by atoms with Gasteiger partial charge >= 0.3 is 0 Å². The first-order valence-corrected chi connectivity index (χ1v) is 9.05. The van der Waals surface area contributed by atoms with E-state index in [1.54, 1.807) is 0 Å². The van der Waals surface area contributed by atoms with Gasteiger partial charge in [-0.1, -0.05) is 32.9 Å². The molecule has 0 unspecified atom stereocenters. The van der Waals surface area contributed by atoms with Gasteiger partial charge in [-0.25, -0.2) is 9.37 Å². The molecule has 1 amide bonds. The Hall–Kier alpha value is -1.75. The Labute approximate surface area is 146 Å². The zero-order chi connectivity index (χ0) is 17.5. The van der Waals surface area contributed by atoms with Crippen LogP contribution in [0.2, 0.25) is 0 Å². The van der Waals surface area contributed by atoms with Crippen molar-refractivity contribution in [3.05, 3.63) is 51.2 Å².